The minimum absolute atomic E-state index is 0.0102. The van der Waals surface area contributed by atoms with Gasteiger partial charge in [-0.2, -0.15) is 0 Å². The largest absolute Gasteiger partial charge is 0.507 e. The molecule has 1 fully saturated rings. The summed E-state index contributed by atoms with van der Waals surface area (Å²) in [7, 11) is 0. The average Bonchev–Trinajstić information content (AvgIpc) is 3.37. The van der Waals surface area contributed by atoms with E-state index in [0.29, 0.717) is 21.2 Å². The van der Waals surface area contributed by atoms with Crippen molar-refractivity contribution in [2.45, 2.75) is 26.0 Å². The van der Waals surface area contributed by atoms with Gasteiger partial charge < -0.3 is 14.9 Å². The van der Waals surface area contributed by atoms with E-state index in [-0.39, 0.29) is 28.9 Å². The van der Waals surface area contributed by atoms with E-state index in [1.165, 1.54) is 34.4 Å². The van der Waals surface area contributed by atoms with Crippen molar-refractivity contribution >= 4 is 46.1 Å². The van der Waals surface area contributed by atoms with Gasteiger partial charge in [-0.3, -0.25) is 14.5 Å². The minimum Gasteiger partial charge on any atom is -0.507 e. The van der Waals surface area contributed by atoms with E-state index in [1.54, 1.807) is 36.4 Å². The van der Waals surface area contributed by atoms with Crippen LogP contribution in [0, 0.1) is 0 Å². The number of carbonyl (C=O) groups is 2. The van der Waals surface area contributed by atoms with Crippen LogP contribution in [0.25, 0.3) is 5.76 Å². The molecule has 1 aliphatic heterocycles. The summed E-state index contributed by atoms with van der Waals surface area (Å²) in [6, 6.07) is 13.5. The van der Waals surface area contributed by atoms with E-state index in [2.05, 4.69) is 0 Å². The number of thiophene rings is 1. The zero-order valence-electron chi connectivity index (χ0n) is 17.3. The van der Waals surface area contributed by atoms with Gasteiger partial charge in [0.05, 0.1) is 17.4 Å². The van der Waals surface area contributed by atoms with Crippen LogP contribution in [0.4, 0.5) is 5.69 Å². The molecule has 2 aromatic carbocycles. The molecule has 1 amide bonds. The molecular weight excluding hydrogens is 450 g/mol. The van der Waals surface area contributed by atoms with Gasteiger partial charge in [0.25, 0.3) is 11.7 Å². The van der Waals surface area contributed by atoms with Crippen molar-refractivity contribution in [3.63, 3.8) is 0 Å². The van der Waals surface area contributed by atoms with Gasteiger partial charge in [0, 0.05) is 15.5 Å². The third-order valence-electron chi connectivity index (χ3n) is 4.95. The second-order valence-electron chi connectivity index (χ2n) is 7.51. The SMILES string of the molecule is CC(C)Oc1ccc(/C(O)=C2/C(=O)C(=O)N(c3cc(Cl)ccc3O)C2c2cccs2)cc1. The smallest absolute Gasteiger partial charge is 0.300 e. The van der Waals surface area contributed by atoms with E-state index in [0.717, 1.165) is 0 Å². The number of aliphatic hydroxyl groups excluding tert-OH is 1. The lowest BCUT2D eigenvalue weighted by molar-refractivity contribution is -0.132. The Kier molecular flexibility index (Phi) is 5.95. The molecule has 0 radical (unpaired) electrons. The Morgan fingerprint density at radius 1 is 1.12 bits per heavy atom. The zero-order valence-corrected chi connectivity index (χ0v) is 18.9. The molecule has 6 nitrogen and oxygen atoms in total. The first-order valence-corrected chi connectivity index (χ1v) is 11.1. The van der Waals surface area contributed by atoms with Crippen LogP contribution < -0.4 is 9.64 Å². The summed E-state index contributed by atoms with van der Waals surface area (Å²) >= 11 is 7.43. The number of hydrogen-bond acceptors (Lipinski definition) is 6. The van der Waals surface area contributed by atoms with Crippen molar-refractivity contribution in [2.75, 3.05) is 4.90 Å². The molecule has 1 aliphatic rings. The number of aromatic hydroxyl groups is 1. The van der Waals surface area contributed by atoms with E-state index in [1.807, 2.05) is 19.2 Å². The number of aliphatic hydroxyl groups is 1. The monoisotopic (exact) mass is 469 g/mol. The number of phenols is 1. The number of Topliss-reactive ketones (excluding diaryl/α,β-unsaturated/α-hetero) is 1. The molecular formula is C24H20ClNO5S. The van der Waals surface area contributed by atoms with E-state index in [4.69, 9.17) is 16.3 Å². The minimum atomic E-state index is -0.911. The van der Waals surface area contributed by atoms with Gasteiger partial charge in [-0.25, -0.2) is 0 Å². The number of rotatable bonds is 5. The van der Waals surface area contributed by atoms with Crippen molar-refractivity contribution in [1.29, 1.82) is 0 Å². The van der Waals surface area contributed by atoms with Gasteiger partial charge in [-0.1, -0.05) is 17.7 Å². The Hall–Kier alpha value is -3.29. The fraction of sp³-hybridized carbons (Fsp3) is 0.167. The maximum atomic E-state index is 13.1. The number of amides is 1. The highest BCUT2D eigenvalue weighted by Gasteiger charge is 2.48. The molecule has 1 atom stereocenters. The van der Waals surface area contributed by atoms with Gasteiger partial charge in [-0.15, -0.1) is 11.3 Å². The van der Waals surface area contributed by atoms with Crippen molar-refractivity contribution in [2.24, 2.45) is 0 Å². The van der Waals surface area contributed by atoms with Crippen molar-refractivity contribution in [3.8, 4) is 11.5 Å². The number of ketones is 1. The molecule has 0 aliphatic carbocycles. The van der Waals surface area contributed by atoms with Crippen LogP contribution in [0.15, 0.2) is 65.6 Å². The molecule has 1 unspecified atom stereocenters. The Morgan fingerprint density at radius 2 is 1.84 bits per heavy atom. The topological polar surface area (TPSA) is 87.1 Å². The summed E-state index contributed by atoms with van der Waals surface area (Å²) in [5, 5.41) is 23.6. The van der Waals surface area contributed by atoms with Gasteiger partial charge >= 0.3 is 0 Å². The molecule has 3 aromatic rings. The molecule has 1 aromatic heterocycles. The predicted octanol–water partition coefficient (Wildman–Crippen LogP) is 5.52. The van der Waals surface area contributed by atoms with Gasteiger partial charge in [0.15, 0.2) is 0 Å². The highest BCUT2D eigenvalue weighted by Crippen LogP contribution is 2.46. The molecule has 4 rings (SSSR count). The Balaban J connectivity index is 1.86. The Labute approximate surface area is 193 Å². The summed E-state index contributed by atoms with van der Waals surface area (Å²) in [6.07, 6.45) is -0.0102. The summed E-state index contributed by atoms with van der Waals surface area (Å²) in [4.78, 5) is 28.0. The number of halogens is 1. The number of benzene rings is 2. The molecule has 2 N–H and O–H groups in total. The molecule has 2 heterocycles. The second-order valence-corrected chi connectivity index (χ2v) is 8.92. The van der Waals surface area contributed by atoms with Gasteiger partial charge in [0.1, 0.15) is 23.3 Å². The van der Waals surface area contributed by atoms with Gasteiger partial charge in [-0.05, 0) is 67.8 Å². The van der Waals surface area contributed by atoms with Crippen LogP contribution in [0.3, 0.4) is 0 Å². The normalized spacial score (nSPS) is 17.9. The second kappa shape index (κ2) is 8.68. The third kappa shape index (κ3) is 3.97. The molecule has 0 saturated carbocycles. The van der Waals surface area contributed by atoms with Crippen molar-refractivity contribution in [1.82, 2.24) is 0 Å². The maximum Gasteiger partial charge on any atom is 0.300 e. The fourth-order valence-corrected chi connectivity index (χ4v) is 4.60. The summed E-state index contributed by atoms with van der Waals surface area (Å²) in [5.74, 6) is -1.59. The van der Waals surface area contributed by atoms with Crippen molar-refractivity contribution < 1.29 is 24.5 Å². The molecule has 0 spiro atoms. The molecule has 32 heavy (non-hydrogen) atoms. The van der Waals surface area contributed by atoms with E-state index in [9.17, 15) is 19.8 Å². The summed E-state index contributed by atoms with van der Waals surface area (Å²) in [5.41, 5.74) is 0.406. The van der Waals surface area contributed by atoms with Gasteiger partial charge in [0.2, 0.25) is 0 Å². The van der Waals surface area contributed by atoms with E-state index < -0.39 is 17.7 Å². The quantitative estimate of drug-likeness (QED) is 0.292. The Morgan fingerprint density at radius 3 is 2.47 bits per heavy atom. The first kappa shape index (κ1) is 21.9. The maximum absolute atomic E-state index is 13.1. The van der Waals surface area contributed by atoms with Crippen LogP contribution in [0.2, 0.25) is 5.02 Å². The predicted molar refractivity (Wildman–Crippen MR) is 124 cm³/mol. The molecule has 164 valence electrons. The number of nitrogens with zero attached hydrogens (tertiary/aromatic N) is 1. The lowest BCUT2D eigenvalue weighted by atomic mass is 9.99. The molecule has 0 bridgehead atoms. The van der Waals surface area contributed by atoms with Crippen LogP contribution in [0.1, 0.15) is 30.3 Å². The highest BCUT2D eigenvalue weighted by atomic mass is 35.5. The van der Waals surface area contributed by atoms with Crippen LogP contribution in [-0.4, -0.2) is 28.0 Å². The zero-order chi connectivity index (χ0) is 23.0. The van der Waals surface area contributed by atoms with Crippen molar-refractivity contribution in [3.05, 3.63) is 81.0 Å². The number of ether oxygens (including phenoxy) is 1. The first-order chi connectivity index (χ1) is 15.3. The average molecular weight is 470 g/mol. The number of anilines is 1. The summed E-state index contributed by atoms with van der Waals surface area (Å²) in [6.45, 7) is 3.81. The Bertz CT molecular complexity index is 1200. The lowest BCUT2D eigenvalue weighted by Gasteiger charge is -2.25. The van der Waals surface area contributed by atoms with Crippen LogP contribution in [0.5, 0.6) is 11.5 Å². The van der Waals surface area contributed by atoms with E-state index >= 15 is 0 Å². The third-order valence-corrected chi connectivity index (χ3v) is 6.11. The fourth-order valence-electron chi connectivity index (χ4n) is 3.61. The number of carbonyl (C=O) groups excluding carboxylic acids is 2. The standard InChI is InChI=1S/C24H20ClNO5S/c1-13(2)31-16-8-5-14(6-9-16)22(28)20-21(19-4-3-11-32-19)26(24(30)23(20)29)17-12-15(25)7-10-18(17)27/h3-13,21,27-28H,1-2H3/b22-20-. The highest BCUT2D eigenvalue weighted by molar-refractivity contribution is 7.10. The van der Waals surface area contributed by atoms with Crippen LogP contribution >= 0.6 is 22.9 Å². The first-order valence-electron chi connectivity index (χ1n) is 9.88. The number of phenolic OH excluding ortho intramolecular Hbond substituents is 1. The molecule has 8 heteroatoms. The van der Waals surface area contributed by atoms with Crippen LogP contribution in [-0.2, 0) is 9.59 Å². The summed E-state index contributed by atoms with van der Waals surface area (Å²) < 4.78 is 5.63. The molecule has 1 saturated heterocycles. The number of hydrogen-bond donors (Lipinski definition) is 2. The lowest BCUT2D eigenvalue weighted by Crippen LogP contribution is -2.29.